The molecule has 1 amide bonds. The summed E-state index contributed by atoms with van der Waals surface area (Å²) in [5.41, 5.74) is -2.06. The lowest BCUT2D eigenvalue weighted by Crippen LogP contribution is -2.51. The van der Waals surface area contributed by atoms with Gasteiger partial charge in [0.1, 0.15) is 12.2 Å². The molecule has 0 spiro atoms. The van der Waals surface area contributed by atoms with Crippen LogP contribution in [0.3, 0.4) is 0 Å². The second kappa shape index (κ2) is 8.18. The second-order valence-electron chi connectivity index (χ2n) is 9.29. The molecule has 2 aliphatic rings. The van der Waals surface area contributed by atoms with E-state index >= 15 is 0 Å². The SMILES string of the molecule is C=CCOC(=O)C(C)(C)[C@H](O)CN1CC[C@H]2[C@@H]1C(F)(F)CN2C(=O)OC(C)(C)C. The maximum atomic E-state index is 14.8. The van der Waals surface area contributed by atoms with Gasteiger partial charge in [0.25, 0.3) is 5.92 Å². The first-order valence-electron chi connectivity index (χ1n) is 9.78. The number of rotatable bonds is 6. The zero-order valence-electron chi connectivity index (χ0n) is 17.8. The van der Waals surface area contributed by atoms with Crippen LogP contribution in [-0.2, 0) is 14.3 Å². The lowest BCUT2D eigenvalue weighted by atomic mass is 9.86. The summed E-state index contributed by atoms with van der Waals surface area (Å²) in [7, 11) is 0. The molecule has 0 unspecified atom stereocenters. The molecular weight excluding hydrogens is 386 g/mol. The largest absolute Gasteiger partial charge is 0.461 e. The highest BCUT2D eigenvalue weighted by atomic mass is 19.3. The van der Waals surface area contributed by atoms with Gasteiger partial charge in [-0.1, -0.05) is 12.7 Å². The smallest absolute Gasteiger partial charge is 0.410 e. The Hall–Kier alpha value is -1.74. The van der Waals surface area contributed by atoms with Crippen LogP contribution >= 0.6 is 0 Å². The van der Waals surface area contributed by atoms with Crippen molar-refractivity contribution in [1.82, 2.24) is 9.80 Å². The Bertz CT molecular complexity index is 647. The summed E-state index contributed by atoms with van der Waals surface area (Å²) in [5, 5.41) is 10.6. The molecule has 0 saturated carbocycles. The summed E-state index contributed by atoms with van der Waals surface area (Å²) in [6, 6.07) is -1.94. The van der Waals surface area contributed by atoms with Crippen LogP contribution in [0.5, 0.6) is 0 Å². The van der Waals surface area contributed by atoms with Crippen LogP contribution in [0.4, 0.5) is 13.6 Å². The molecule has 1 N–H and O–H groups in total. The predicted molar refractivity (Wildman–Crippen MR) is 103 cm³/mol. The first-order chi connectivity index (χ1) is 13.2. The zero-order valence-corrected chi connectivity index (χ0v) is 17.8. The van der Waals surface area contributed by atoms with Crippen molar-refractivity contribution < 1.29 is 33.0 Å². The molecule has 0 aromatic carbocycles. The second-order valence-corrected chi connectivity index (χ2v) is 9.29. The molecule has 2 fully saturated rings. The van der Waals surface area contributed by atoms with Crippen LogP contribution in [-0.4, -0.2) is 82.9 Å². The summed E-state index contributed by atoms with van der Waals surface area (Å²) in [6.45, 7) is 11.0. The van der Waals surface area contributed by atoms with Crippen molar-refractivity contribution in [2.45, 2.75) is 70.8 Å². The van der Waals surface area contributed by atoms with Crippen LogP contribution in [0.1, 0.15) is 41.0 Å². The van der Waals surface area contributed by atoms with Crippen LogP contribution in [0.25, 0.3) is 0 Å². The molecule has 0 aromatic heterocycles. The molecule has 2 saturated heterocycles. The number of fused-ring (bicyclic) bond motifs is 1. The number of alkyl halides is 2. The van der Waals surface area contributed by atoms with E-state index in [2.05, 4.69) is 6.58 Å². The zero-order chi connectivity index (χ0) is 22.2. The standard InChI is InChI=1S/C20H32F2N2O5/c1-7-10-28-16(26)19(5,6)14(25)11-23-9-8-13-15(23)20(21,22)12-24(13)17(27)29-18(2,3)4/h7,13-15,25H,1,8-12H2,2-6H3/t13-,14+,15+/m0/s1. The highest BCUT2D eigenvalue weighted by Gasteiger charge is 2.61. The molecule has 2 heterocycles. The number of carbonyl (C=O) groups is 2. The topological polar surface area (TPSA) is 79.3 Å². The molecule has 7 nitrogen and oxygen atoms in total. The Kier molecular flexibility index (Phi) is 6.64. The lowest BCUT2D eigenvalue weighted by molar-refractivity contribution is -0.160. The average molecular weight is 418 g/mol. The highest BCUT2D eigenvalue weighted by Crippen LogP contribution is 2.42. The molecule has 166 valence electrons. The Morgan fingerprint density at radius 2 is 1.93 bits per heavy atom. The fourth-order valence-electron chi connectivity index (χ4n) is 3.78. The van der Waals surface area contributed by atoms with E-state index in [4.69, 9.17) is 9.47 Å². The fourth-order valence-corrected chi connectivity index (χ4v) is 3.78. The van der Waals surface area contributed by atoms with Crippen LogP contribution in [0.15, 0.2) is 12.7 Å². The summed E-state index contributed by atoms with van der Waals surface area (Å²) in [5.74, 6) is -3.78. The molecule has 9 heteroatoms. The Labute approximate surface area is 170 Å². The van der Waals surface area contributed by atoms with Crippen molar-refractivity contribution in [2.24, 2.45) is 5.41 Å². The van der Waals surface area contributed by atoms with Gasteiger partial charge in [0, 0.05) is 13.1 Å². The van der Waals surface area contributed by atoms with Crippen molar-refractivity contribution in [3.8, 4) is 0 Å². The van der Waals surface area contributed by atoms with Gasteiger partial charge in [-0.2, -0.15) is 0 Å². The lowest BCUT2D eigenvalue weighted by Gasteiger charge is -2.34. The van der Waals surface area contributed by atoms with Crippen molar-refractivity contribution in [2.75, 3.05) is 26.2 Å². The van der Waals surface area contributed by atoms with Crippen molar-refractivity contribution in [1.29, 1.82) is 0 Å². The molecule has 0 aromatic rings. The van der Waals surface area contributed by atoms with E-state index in [0.717, 1.165) is 4.90 Å². The highest BCUT2D eigenvalue weighted by molar-refractivity contribution is 5.76. The number of β-amino-alcohol motifs (C(OH)–C–C–N with tert-alkyl or cyclic N) is 1. The third-order valence-corrected chi connectivity index (χ3v) is 5.41. The fraction of sp³-hybridized carbons (Fsp3) is 0.800. The van der Waals surface area contributed by atoms with E-state index in [0.29, 0.717) is 6.42 Å². The number of halogens is 2. The molecular formula is C20H32F2N2O5. The summed E-state index contributed by atoms with van der Waals surface area (Å²) >= 11 is 0. The van der Waals surface area contributed by atoms with Gasteiger partial charge in [-0.3, -0.25) is 14.6 Å². The molecule has 29 heavy (non-hydrogen) atoms. The number of carbonyl (C=O) groups excluding carboxylic acids is 2. The number of amides is 1. The normalized spacial score (nSPS) is 25.4. The van der Waals surface area contributed by atoms with Gasteiger partial charge in [0.2, 0.25) is 0 Å². The van der Waals surface area contributed by atoms with E-state index in [-0.39, 0.29) is 19.7 Å². The minimum absolute atomic E-state index is 0.00627. The maximum absolute atomic E-state index is 14.8. The quantitative estimate of drug-likeness (QED) is 0.527. The van der Waals surface area contributed by atoms with Gasteiger partial charge in [0.05, 0.1) is 30.1 Å². The van der Waals surface area contributed by atoms with E-state index in [1.54, 1.807) is 20.8 Å². The maximum Gasteiger partial charge on any atom is 0.410 e. The first-order valence-corrected chi connectivity index (χ1v) is 9.78. The molecule has 3 atom stereocenters. The van der Waals surface area contributed by atoms with E-state index in [1.807, 2.05) is 0 Å². The van der Waals surface area contributed by atoms with Gasteiger partial charge < -0.3 is 14.6 Å². The number of hydrogen-bond acceptors (Lipinski definition) is 6. The number of esters is 1. The monoisotopic (exact) mass is 418 g/mol. The number of ether oxygens (including phenoxy) is 2. The predicted octanol–water partition coefficient (Wildman–Crippen LogP) is 2.43. The minimum Gasteiger partial charge on any atom is -0.461 e. The van der Waals surface area contributed by atoms with Crippen LogP contribution in [0.2, 0.25) is 0 Å². The number of aliphatic hydroxyl groups is 1. The van der Waals surface area contributed by atoms with Gasteiger partial charge in [-0.15, -0.1) is 0 Å². The van der Waals surface area contributed by atoms with E-state index in [9.17, 15) is 23.5 Å². The Morgan fingerprint density at radius 3 is 2.48 bits per heavy atom. The van der Waals surface area contributed by atoms with Gasteiger partial charge >= 0.3 is 12.1 Å². The average Bonchev–Trinajstić information content (AvgIpc) is 3.10. The summed E-state index contributed by atoms with van der Waals surface area (Å²) < 4.78 is 39.9. The number of hydrogen-bond donors (Lipinski definition) is 1. The van der Waals surface area contributed by atoms with Gasteiger partial charge in [0.15, 0.2) is 0 Å². The summed E-state index contributed by atoms with van der Waals surface area (Å²) in [6.07, 6.45) is -0.228. The van der Waals surface area contributed by atoms with E-state index < -0.39 is 53.7 Å². The first kappa shape index (κ1) is 23.5. The van der Waals surface area contributed by atoms with Crippen LogP contribution < -0.4 is 0 Å². The number of aliphatic hydroxyl groups excluding tert-OH is 1. The molecule has 0 radical (unpaired) electrons. The summed E-state index contributed by atoms with van der Waals surface area (Å²) in [4.78, 5) is 27.2. The number of likely N-dealkylation sites (tertiary alicyclic amines) is 2. The van der Waals surface area contributed by atoms with Crippen molar-refractivity contribution in [3.63, 3.8) is 0 Å². The third-order valence-electron chi connectivity index (χ3n) is 5.41. The molecule has 2 rings (SSSR count). The minimum atomic E-state index is -3.15. The van der Waals surface area contributed by atoms with Gasteiger partial charge in [-0.25, -0.2) is 13.6 Å². The van der Waals surface area contributed by atoms with Crippen LogP contribution in [0, 0.1) is 5.41 Å². The molecule has 0 aliphatic carbocycles. The van der Waals surface area contributed by atoms with Crippen molar-refractivity contribution >= 4 is 12.1 Å². The van der Waals surface area contributed by atoms with Crippen molar-refractivity contribution in [3.05, 3.63) is 12.7 Å². The molecule has 2 aliphatic heterocycles. The Morgan fingerprint density at radius 1 is 1.31 bits per heavy atom. The number of nitrogens with zero attached hydrogens (tertiary/aromatic N) is 2. The molecule has 0 bridgehead atoms. The Balaban J connectivity index is 2.11. The van der Waals surface area contributed by atoms with Gasteiger partial charge in [-0.05, 0) is 41.0 Å². The third kappa shape index (κ3) is 5.06. The van der Waals surface area contributed by atoms with E-state index in [1.165, 1.54) is 24.8 Å².